The second-order valence-corrected chi connectivity index (χ2v) is 5.73. The van der Waals surface area contributed by atoms with Gasteiger partial charge in [0.2, 0.25) is 0 Å². The summed E-state index contributed by atoms with van der Waals surface area (Å²) in [5, 5.41) is 9.78. The van der Waals surface area contributed by atoms with Gasteiger partial charge in [-0.25, -0.2) is 4.39 Å². The summed E-state index contributed by atoms with van der Waals surface area (Å²) in [7, 11) is 1.36. The van der Waals surface area contributed by atoms with Gasteiger partial charge in [0, 0.05) is 0 Å². The number of methoxy groups -OCH3 is 1. The SMILES string of the molecule is COC(=O)C1(c2cccc(F)c2C)CCC(C(C)O)C1. The highest BCUT2D eigenvalue weighted by atomic mass is 19.1. The van der Waals surface area contributed by atoms with Crippen LogP contribution in [0.1, 0.15) is 37.3 Å². The van der Waals surface area contributed by atoms with Crippen molar-refractivity contribution < 1.29 is 19.0 Å². The molecule has 1 aliphatic carbocycles. The molecule has 20 heavy (non-hydrogen) atoms. The minimum absolute atomic E-state index is 0.0387. The fourth-order valence-electron chi connectivity index (χ4n) is 3.36. The average molecular weight is 280 g/mol. The Morgan fingerprint density at radius 2 is 2.25 bits per heavy atom. The molecule has 1 fully saturated rings. The van der Waals surface area contributed by atoms with Crippen LogP contribution in [0.4, 0.5) is 4.39 Å². The molecule has 3 nitrogen and oxygen atoms in total. The third kappa shape index (κ3) is 2.33. The number of halogens is 1. The Morgan fingerprint density at radius 1 is 1.55 bits per heavy atom. The number of hydrogen-bond acceptors (Lipinski definition) is 3. The fourth-order valence-corrected chi connectivity index (χ4v) is 3.36. The summed E-state index contributed by atoms with van der Waals surface area (Å²) >= 11 is 0. The first-order valence-electron chi connectivity index (χ1n) is 6.94. The first kappa shape index (κ1) is 15.0. The van der Waals surface area contributed by atoms with Crippen molar-refractivity contribution in [2.24, 2.45) is 5.92 Å². The molecule has 0 spiro atoms. The van der Waals surface area contributed by atoms with E-state index in [-0.39, 0.29) is 17.7 Å². The minimum Gasteiger partial charge on any atom is -0.468 e. The summed E-state index contributed by atoms with van der Waals surface area (Å²) in [6.45, 7) is 3.42. The van der Waals surface area contributed by atoms with Crippen LogP contribution in [-0.4, -0.2) is 24.3 Å². The minimum atomic E-state index is -0.831. The van der Waals surface area contributed by atoms with Crippen LogP contribution >= 0.6 is 0 Å². The van der Waals surface area contributed by atoms with Gasteiger partial charge in [0.1, 0.15) is 5.82 Å². The highest BCUT2D eigenvalue weighted by Gasteiger charge is 2.49. The molecule has 1 aromatic carbocycles. The van der Waals surface area contributed by atoms with E-state index in [0.717, 1.165) is 6.42 Å². The zero-order valence-electron chi connectivity index (χ0n) is 12.1. The number of ether oxygens (including phenoxy) is 1. The molecule has 0 saturated heterocycles. The van der Waals surface area contributed by atoms with Gasteiger partial charge in [-0.05, 0) is 56.2 Å². The van der Waals surface area contributed by atoms with E-state index in [9.17, 15) is 14.3 Å². The summed E-state index contributed by atoms with van der Waals surface area (Å²) in [5.41, 5.74) is 0.347. The van der Waals surface area contributed by atoms with Crippen LogP contribution in [0.25, 0.3) is 0 Å². The van der Waals surface area contributed by atoms with Crippen molar-refractivity contribution in [1.82, 2.24) is 0 Å². The second kappa shape index (κ2) is 5.52. The van der Waals surface area contributed by atoms with Gasteiger partial charge in [-0.1, -0.05) is 12.1 Å². The third-order valence-corrected chi connectivity index (χ3v) is 4.59. The number of benzene rings is 1. The van der Waals surface area contributed by atoms with Gasteiger partial charge >= 0.3 is 5.97 Å². The topological polar surface area (TPSA) is 46.5 Å². The number of carbonyl (C=O) groups is 1. The van der Waals surface area contributed by atoms with Crippen LogP contribution in [0.3, 0.4) is 0 Å². The molecular weight excluding hydrogens is 259 g/mol. The van der Waals surface area contributed by atoms with E-state index < -0.39 is 11.5 Å². The van der Waals surface area contributed by atoms with Crippen molar-refractivity contribution >= 4 is 5.97 Å². The predicted octanol–water partition coefficient (Wildman–Crippen LogP) is 2.73. The third-order valence-electron chi connectivity index (χ3n) is 4.59. The molecule has 1 aliphatic rings. The Balaban J connectivity index is 2.49. The largest absolute Gasteiger partial charge is 0.468 e. The molecule has 1 aromatic rings. The van der Waals surface area contributed by atoms with Gasteiger partial charge in [-0.3, -0.25) is 4.79 Å². The summed E-state index contributed by atoms with van der Waals surface area (Å²) in [4.78, 5) is 12.3. The van der Waals surface area contributed by atoms with Crippen molar-refractivity contribution in [3.05, 3.63) is 35.1 Å². The lowest BCUT2D eigenvalue weighted by molar-refractivity contribution is -0.147. The van der Waals surface area contributed by atoms with E-state index in [2.05, 4.69) is 0 Å². The highest BCUT2D eigenvalue weighted by molar-refractivity contribution is 5.84. The number of hydrogen-bond donors (Lipinski definition) is 1. The Morgan fingerprint density at radius 3 is 2.80 bits per heavy atom. The Hall–Kier alpha value is -1.42. The summed E-state index contributed by atoms with van der Waals surface area (Å²) in [5.74, 6) is -0.614. The molecule has 2 rings (SSSR count). The number of aliphatic hydroxyl groups excluding tert-OH is 1. The lowest BCUT2D eigenvalue weighted by atomic mass is 9.76. The number of rotatable bonds is 3. The maximum atomic E-state index is 13.8. The number of carbonyl (C=O) groups excluding carboxylic acids is 1. The van der Waals surface area contributed by atoms with Gasteiger partial charge in [-0.15, -0.1) is 0 Å². The van der Waals surface area contributed by atoms with Crippen LogP contribution in [0.5, 0.6) is 0 Å². The summed E-state index contributed by atoms with van der Waals surface area (Å²) < 4.78 is 18.8. The Kier molecular flexibility index (Phi) is 4.14. The smallest absolute Gasteiger partial charge is 0.316 e. The Bertz CT molecular complexity index is 512. The van der Waals surface area contributed by atoms with Crippen molar-refractivity contribution in [1.29, 1.82) is 0 Å². The van der Waals surface area contributed by atoms with Gasteiger partial charge in [0.25, 0.3) is 0 Å². The van der Waals surface area contributed by atoms with Gasteiger partial charge < -0.3 is 9.84 Å². The zero-order chi connectivity index (χ0) is 14.9. The first-order valence-corrected chi connectivity index (χ1v) is 6.94. The van der Waals surface area contributed by atoms with E-state index in [4.69, 9.17) is 4.74 Å². The van der Waals surface area contributed by atoms with E-state index in [1.807, 2.05) is 0 Å². The lowest BCUT2D eigenvalue weighted by Crippen LogP contribution is -2.36. The molecule has 1 N–H and O–H groups in total. The fraction of sp³-hybridized carbons (Fsp3) is 0.562. The average Bonchev–Trinajstić information content (AvgIpc) is 2.87. The number of aliphatic hydroxyl groups is 1. The second-order valence-electron chi connectivity index (χ2n) is 5.73. The molecule has 0 heterocycles. The molecule has 0 radical (unpaired) electrons. The normalized spacial score (nSPS) is 27.4. The van der Waals surface area contributed by atoms with Crippen LogP contribution in [0.15, 0.2) is 18.2 Å². The van der Waals surface area contributed by atoms with Crippen LogP contribution in [0.2, 0.25) is 0 Å². The van der Waals surface area contributed by atoms with Crippen molar-refractivity contribution in [3.63, 3.8) is 0 Å². The Labute approximate surface area is 118 Å². The number of esters is 1. The maximum absolute atomic E-state index is 13.8. The van der Waals surface area contributed by atoms with Gasteiger partial charge in [0.15, 0.2) is 0 Å². The molecule has 0 aliphatic heterocycles. The van der Waals surface area contributed by atoms with E-state index in [1.54, 1.807) is 26.0 Å². The zero-order valence-corrected chi connectivity index (χ0v) is 12.1. The molecule has 0 aromatic heterocycles. The van der Waals surface area contributed by atoms with Crippen molar-refractivity contribution in [2.75, 3.05) is 7.11 Å². The van der Waals surface area contributed by atoms with Gasteiger partial charge in [-0.2, -0.15) is 0 Å². The molecule has 1 saturated carbocycles. The molecule has 3 atom stereocenters. The highest BCUT2D eigenvalue weighted by Crippen LogP contribution is 2.47. The van der Waals surface area contributed by atoms with Gasteiger partial charge in [0.05, 0.1) is 18.6 Å². The molecule has 4 heteroatoms. The molecule has 3 unspecified atom stereocenters. The predicted molar refractivity (Wildman–Crippen MR) is 73.9 cm³/mol. The standard InChI is InChI=1S/C16H21FO3/c1-10-13(5-4-6-14(10)17)16(15(19)20-3)8-7-12(9-16)11(2)18/h4-6,11-12,18H,7-9H2,1-3H3. The molecule has 110 valence electrons. The van der Waals surface area contributed by atoms with Crippen molar-refractivity contribution in [2.45, 2.75) is 44.6 Å². The quantitative estimate of drug-likeness (QED) is 0.866. The molecular formula is C16H21FO3. The van der Waals surface area contributed by atoms with Crippen molar-refractivity contribution in [3.8, 4) is 0 Å². The summed E-state index contributed by atoms with van der Waals surface area (Å²) in [6, 6.07) is 4.81. The summed E-state index contributed by atoms with van der Waals surface area (Å²) in [6.07, 6.45) is 1.35. The first-order chi connectivity index (χ1) is 9.42. The van der Waals surface area contributed by atoms with Crippen LogP contribution < -0.4 is 0 Å². The maximum Gasteiger partial charge on any atom is 0.316 e. The molecule has 0 bridgehead atoms. The van der Waals surface area contributed by atoms with E-state index in [1.165, 1.54) is 13.2 Å². The lowest BCUT2D eigenvalue weighted by Gasteiger charge is -2.29. The van der Waals surface area contributed by atoms with E-state index in [0.29, 0.717) is 24.0 Å². The molecule has 0 amide bonds. The monoisotopic (exact) mass is 280 g/mol. The van der Waals surface area contributed by atoms with Crippen LogP contribution in [0, 0.1) is 18.7 Å². The van der Waals surface area contributed by atoms with E-state index >= 15 is 0 Å². The van der Waals surface area contributed by atoms with Crippen LogP contribution in [-0.2, 0) is 14.9 Å².